The van der Waals surface area contributed by atoms with Gasteiger partial charge < -0.3 is 9.90 Å². The molecule has 0 aromatic rings. The number of carboxylic acids is 1. The Morgan fingerprint density at radius 3 is 1.64 bits per heavy atom. The average Bonchev–Trinajstić information content (AvgIpc) is 1.88. The molecule has 0 spiro atoms. The van der Waals surface area contributed by atoms with Crippen LogP contribution in [-0.4, -0.2) is 18.9 Å². The minimum atomic E-state index is -3.90. The zero-order chi connectivity index (χ0) is 9.49. The first-order valence-corrected chi connectivity index (χ1v) is 3.77. The Bertz CT molecular complexity index is 226. The Hall–Kier alpha value is -1.14. The summed E-state index contributed by atoms with van der Waals surface area (Å²) in [6.45, 7) is 5.69. The van der Waals surface area contributed by atoms with E-state index >= 15 is 0 Å². The summed E-state index contributed by atoms with van der Waals surface area (Å²) in [5.41, 5.74) is 0. The molecule has 5 nitrogen and oxygen atoms in total. The third-order valence-corrected chi connectivity index (χ3v) is 0.799. The van der Waals surface area contributed by atoms with Crippen molar-refractivity contribution in [1.82, 2.24) is 0 Å². The van der Waals surface area contributed by atoms with Crippen LogP contribution in [0.3, 0.4) is 0 Å². The van der Waals surface area contributed by atoms with E-state index in [-0.39, 0.29) is 0 Å². The molecule has 0 saturated heterocycles. The molecule has 0 aliphatic rings. The molecule has 11 heavy (non-hydrogen) atoms. The molecule has 0 saturated carbocycles. The maximum atomic E-state index is 9.44. The van der Waals surface area contributed by atoms with Crippen LogP contribution in [-0.2, 0) is 14.9 Å². The third kappa shape index (κ3) is 28.0. The van der Waals surface area contributed by atoms with Crippen LogP contribution in [0.1, 0.15) is 0 Å². The maximum Gasteiger partial charge on any atom is 0.287 e. The molecular formula is C5H7O5S-. The van der Waals surface area contributed by atoms with Crippen LogP contribution < -0.4 is 5.11 Å². The van der Waals surface area contributed by atoms with Gasteiger partial charge in [0.15, 0.2) is 0 Å². The molecule has 0 aliphatic heterocycles. The Labute approximate surface area is 64.4 Å². The molecule has 0 aromatic heterocycles. The zero-order valence-corrected chi connectivity index (χ0v) is 6.37. The summed E-state index contributed by atoms with van der Waals surface area (Å²) >= 11 is 0. The van der Waals surface area contributed by atoms with E-state index in [0.29, 0.717) is 5.41 Å². The SMILES string of the molecule is C=CC(=O)[O-].C=CS(=O)(=O)O. The summed E-state index contributed by atoms with van der Waals surface area (Å²) in [7, 11) is -3.90. The average molecular weight is 179 g/mol. The molecule has 0 rings (SSSR count). The second kappa shape index (κ2) is 5.63. The molecular weight excluding hydrogens is 172 g/mol. The number of hydrogen-bond acceptors (Lipinski definition) is 4. The minimum Gasteiger partial charge on any atom is -0.545 e. The van der Waals surface area contributed by atoms with Crippen molar-refractivity contribution < 1.29 is 22.9 Å². The van der Waals surface area contributed by atoms with Gasteiger partial charge in [0.1, 0.15) is 0 Å². The van der Waals surface area contributed by atoms with Gasteiger partial charge in [-0.2, -0.15) is 8.42 Å². The summed E-state index contributed by atoms with van der Waals surface area (Å²) in [5, 5.41) is 9.60. The van der Waals surface area contributed by atoms with Gasteiger partial charge in [-0.25, -0.2) is 0 Å². The lowest BCUT2D eigenvalue weighted by Gasteiger charge is -1.81. The topological polar surface area (TPSA) is 94.5 Å². The third-order valence-electron chi connectivity index (χ3n) is 0.377. The molecule has 0 fully saturated rings. The molecule has 0 atom stereocenters. The highest BCUT2D eigenvalue weighted by molar-refractivity contribution is 7.88. The van der Waals surface area contributed by atoms with Crippen LogP contribution in [0.15, 0.2) is 24.6 Å². The highest BCUT2D eigenvalue weighted by Gasteiger charge is 1.87. The molecule has 64 valence electrons. The summed E-state index contributed by atoms with van der Waals surface area (Å²) in [6.07, 6.45) is 0.722. The molecule has 0 amide bonds. The van der Waals surface area contributed by atoms with Crippen LogP contribution in [0, 0.1) is 0 Å². The number of carbonyl (C=O) groups is 1. The first-order chi connectivity index (χ1) is 4.83. The molecule has 0 bridgehead atoms. The van der Waals surface area contributed by atoms with Crippen molar-refractivity contribution in [3.63, 3.8) is 0 Å². The molecule has 0 aliphatic carbocycles. The van der Waals surface area contributed by atoms with E-state index in [2.05, 4.69) is 13.2 Å². The van der Waals surface area contributed by atoms with Crippen molar-refractivity contribution in [3.8, 4) is 0 Å². The fraction of sp³-hybridized carbons (Fsp3) is 0. The van der Waals surface area contributed by atoms with Gasteiger partial charge in [-0.15, -0.1) is 0 Å². The van der Waals surface area contributed by atoms with Gasteiger partial charge >= 0.3 is 0 Å². The Morgan fingerprint density at radius 2 is 1.64 bits per heavy atom. The van der Waals surface area contributed by atoms with Gasteiger partial charge in [0, 0.05) is 0 Å². The van der Waals surface area contributed by atoms with E-state index in [1.165, 1.54) is 0 Å². The fourth-order valence-electron chi connectivity index (χ4n) is 0. The monoisotopic (exact) mass is 179 g/mol. The van der Waals surface area contributed by atoms with Crippen LogP contribution in [0.25, 0.3) is 0 Å². The van der Waals surface area contributed by atoms with Gasteiger partial charge in [-0.3, -0.25) is 4.55 Å². The molecule has 0 unspecified atom stereocenters. The summed E-state index contributed by atoms with van der Waals surface area (Å²) in [4.78, 5) is 9.14. The Kier molecular flexibility index (Phi) is 6.41. The molecule has 0 aromatic carbocycles. The van der Waals surface area contributed by atoms with Gasteiger partial charge in [-0.05, 0) is 6.08 Å². The van der Waals surface area contributed by atoms with Crippen LogP contribution in [0.2, 0.25) is 0 Å². The van der Waals surface area contributed by atoms with Crippen molar-refractivity contribution in [2.75, 3.05) is 0 Å². The summed E-state index contributed by atoms with van der Waals surface area (Å²) < 4.78 is 26.6. The molecule has 0 radical (unpaired) electrons. The first kappa shape index (κ1) is 12.5. The van der Waals surface area contributed by atoms with Gasteiger partial charge in [-0.1, -0.05) is 13.2 Å². The van der Waals surface area contributed by atoms with E-state index in [1.54, 1.807) is 0 Å². The lowest BCUT2D eigenvalue weighted by atomic mass is 10.7. The van der Waals surface area contributed by atoms with E-state index in [4.69, 9.17) is 14.5 Å². The normalized spacial score (nSPS) is 8.82. The van der Waals surface area contributed by atoms with E-state index < -0.39 is 16.1 Å². The highest BCUT2D eigenvalue weighted by atomic mass is 32.2. The summed E-state index contributed by atoms with van der Waals surface area (Å²) in [5.74, 6) is -1.23. The largest absolute Gasteiger partial charge is 0.545 e. The standard InChI is InChI=1S/C3H4O2.C2H4O3S/c1-2-3(4)5;1-2-6(3,4)5/h2H,1H2,(H,4,5);2H,1H2,(H,3,4,5)/p-1. The highest BCUT2D eigenvalue weighted by Crippen LogP contribution is 1.75. The predicted octanol–water partition coefficient (Wildman–Crippen LogP) is -1.06. The van der Waals surface area contributed by atoms with Crippen molar-refractivity contribution in [2.24, 2.45) is 0 Å². The number of carbonyl (C=O) groups excluding carboxylic acids is 1. The Balaban J connectivity index is 0. The van der Waals surface area contributed by atoms with Crippen molar-refractivity contribution >= 4 is 16.1 Å². The van der Waals surface area contributed by atoms with E-state index in [0.717, 1.165) is 6.08 Å². The van der Waals surface area contributed by atoms with E-state index in [9.17, 15) is 8.42 Å². The molecule has 6 heteroatoms. The van der Waals surface area contributed by atoms with E-state index in [1.807, 2.05) is 0 Å². The first-order valence-electron chi connectivity index (χ1n) is 2.27. The zero-order valence-electron chi connectivity index (χ0n) is 5.56. The fourth-order valence-corrected chi connectivity index (χ4v) is 0. The van der Waals surface area contributed by atoms with Crippen molar-refractivity contribution in [2.45, 2.75) is 0 Å². The second-order valence-electron chi connectivity index (χ2n) is 1.20. The lowest BCUT2D eigenvalue weighted by Crippen LogP contribution is -2.17. The van der Waals surface area contributed by atoms with Crippen molar-refractivity contribution in [3.05, 3.63) is 24.6 Å². The molecule has 0 heterocycles. The Morgan fingerprint density at radius 1 is 1.45 bits per heavy atom. The van der Waals surface area contributed by atoms with Crippen LogP contribution >= 0.6 is 0 Å². The summed E-state index contributed by atoms with van der Waals surface area (Å²) in [6, 6.07) is 0. The number of hydrogen-bond donors (Lipinski definition) is 1. The number of aliphatic carboxylic acids is 1. The number of carboxylic acid groups (broad SMARTS) is 1. The maximum absolute atomic E-state index is 9.44. The predicted molar refractivity (Wildman–Crippen MR) is 36.9 cm³/mol. The van der Waals surface area contributed by atoms with Gasteiger partial charge in [0.25, 0.3) is 10.1 Å². The van der Waals surface area contributed by atoms with Gasteiger partial charge in [0.2, 0.25) is 0 Å². The van der Waals surface area contributed by atoms with Crippen LogP contribution in [0.5, 0.6) is 0 Å². The second-order valence-corrected chi connectivity index (χ2v) is 2.57. The van der Waals surface area contributed by atoms with Crippen molar-refractivity contribution in [1.29, 1.82) is 0 Å². The van der Waals surface area contributed by atoms with Crippen LogP contribution in [0.4, 0.5) is 0 Å². The quantitative estimate of drug-likeness (QED) is 0.430. The minimum absolute atomic E-state index is 0.465. The smallest absolute Gasteiger partial charge is 0.287 e. The number of rotatable bonds is 2. The molecule has 1 N–H and O–H groups in total. The van der Waals surface area contributed by atoms with Gasteiger partial charge in [0.05, 0.1) is 11.4 Å². The lowest BCUT2D eigenvalue weighted by molar-refractivity contribution is -0.297.